The van der Waals surface area contributed by atoms with Gasteiger partial charge in [0, 0.05) is 10.9 Å². The lowest BCUT2D eigenvalue weighted by Gasteiger charge is -2.12. The van der Waals surface area contributed by atoms with Crippen molar-refractivity contribution in [1.82, 2.24) is 0 Å². The third-order valence-electron chi connectivity index (χ3n) is 2.47. The van der Waals surface area contributed by atoms with Crippen LogP contribution in [0.3, 0.4) is 0 Å². The summed E-state index contributed by atoms with van der Waals surface area (Å²) < 4.78 is 0. The van der Waals surface area contributed by atoms with E-state index in [1.165, 1.54) is 17.7 Å². The Bertz CT molecular complexity index is 279. The van der Waals surface area contributed by atoms with Crippen LogP contribution >= 0.6 is 11.8 Å². The summed E-state index contributed by atoms with van der Waals surface area (Å²) in [5, 5.41) is 0.573. The Morgan fingerprint density at radius 3 is 2.27 bits per heavy atom. The summed E-state index contributed by atoms with van der Waals surface area (Å²) in [5.41, 5.74) is 7.88. The van der Waals surface area contributed by atoms with Crippen molar-refractivity contribution in [2.75, 3.05) is 11.5 Å². The summed E-state index contributed by atoms with van der Waals surface area (Å²) in [7, 11) is 0. The molecule has 2 N–H and O–H groups in total. The summed E-state index contributed by atoms with van der Waals surface area (Å²) in [5.74, 6) is 2.04. The van der Waals surface area contributed by atoms with Gasteiger partial charge in [-0.15, -0.1) is 0 Å². The molecule has 0 saturated carbocycles. The Balaban J connectivity index is 2.40. The zero-order chi connectivity index (χ0) is 11.3. The zero-order valence-electron chi connectivity index (χ0n) is 9.86. The van der Waals surface area contributed by atoms with Crippen molar-refractivity contribution in [1.29, 1.82) is 0 Å². The first-order valence-corrected chi connectivity index (χ1v) is 6.61. The summed E-state index contributed by atoms with van der Waals surface area (Å²) in [6.07, 6.45) is 1.30. The van der Waals surface area contributed by atoms with Gasteiger partial charge in [-0.1, -0.05) is 26.0 Å². The molecule has 1 rings (SSSR count). The highest BCUT2D eigenvalue weighted by Crippen LogP contribution is 2.29. The smallest absolute Gasteiger partial charge is 0.0314 e. The molecule has 0 spiro atoms. The Kier molecular flexibility index (Phi) is 5.03. The predicted molar refractivity (Wildman–Crippen MR) is 71.2 cm³/mol. The van der Waals surface area contributed by atoms with E-state index in [0.29, 0.717) is 5.25 Å². The van der Waals surface area contributed by atoms with E-state index in [2.05, 4.69) is 32.9 Å². The van der Waals surface area contributed by atoms with Gasteiger partial charge in [-0.25, -0.2) is 0 Å². The normalized spacial score (nSPS) is 13.1. The molecule has 0 amide bonds. The fourth-order valence-electron chi connectivity index (χ4n) is 1.34. The molecule has 0 radical (unpaired) electrons. The van der Waals surface area contributed by atoms with Crippen molar-refractivity contribution >= 4 is 17.4 Å². The van der Waals surface area contributed by atoms with Crippen LogP contribution in [0.5, 0.6) is 0 Å². The number of anilines is 1. The molecule has 0 aliphatic heterocycles. The summed E-state index contributed by atoms with van der Waals surface area (Å²) in [6, 6.07) is 8.22. The second-order valence-corrected chi connectivity index (χ2v) is 5.81. The highest BCUT2D eigenvalue weighted by atomic mass is 32.2. The van der Waals surface area contributed by atoms with E-state index in [9.17, 15) is 0 Å². The Hall–Kier alpha value is -0.630. The molecule has 1 nitrogen and oxygen atoms in total. The van der Waals surface area contributed by atoms with Crippen LogP contribution in [0.15, 0.2) is 24.3 Å². The average molecular weight is 223 g/mol. The van der Waals surface area contributed by atoms with E-state index in [4.69, 9.17) is 5.73 Å². The fraction of sp³-hybridized carbons (Fsp3) is 0.538. The minimum absolute atomic E-state index is 0.573. The van der Waals surface area contributed by atoms with Gasteiger partial charge in [-0.2, -0.15) is 11.8 Å². The lowest BCUT2D eigenvalue weighted by atomic mass is 10.1. The van der Waals surface area contributed by atoms with Gasteiger partial charge in [0.15, 0.2) is 0 Å². The van der Waals surface area contributed by atoms with Gasteiger partial charge in [0.05, 0.1) is 0 Å². The molecule has 1 atom stereocenters. The molecule has 2 heteroatoms. The Labute approximate surface area is 97.4 Å². The highest BCUT2D eigenvalue weighted by molar-refractivity contribution is 7.99. The van der Waals surface area contributed by atoms with Crippen molar-refractivity contribution in [3.8, 4) is 0 Å². The average Bonchev–Trinajstić information content (AvgIpc) is 2.18. The van der Waals surface area contributed by atoms with Gasteiger partial charge in [0.25, 0.3) is 0 Å². The molecule has 0 aliphatic rings. The second-order valence-electron chi connectivity index (χ2n) is 4.36. The monoisotopic (exact) mass is 223 g/mol. The molecule has 1 unspecified atom stereocenters. The maximum absolute atomic E-state index is 5.66. The number of benzene rings is 1. The van der Waals surface area contributed by atoms with E-state index in [-0.39, 0.29) is 0 Å². The molecule has 1 aromatic rings. The van der Waals surface area contributed by atoms with Gasteiger partial charge in [0.1, 0.15) is 0 Å². The van der Waals surface area contributed by atoms with Gasteiger partial charge in [-0.3, -0.25) is 0 Å². The van der Waals surface area contributed by atoms with Crippen LogP contribution in [0.25, 0.3) is 0 Å². The van der Waals surface area contributed by atoms with Crippen LogP contribution < -0.4 is 5.73 Å². The third kappa shape index (κ3) is 4.61. The lowest BCUT2D eigenvalue weighted by Crippen LogP contribution is -1.94. The molecule has 0 aliphatic carbocycles. The minimum atomic E-state index is 0.573. The summed E-state index contributed by atoms with van der Waals surface area (Å²) in [4.78, 5) is 0. The number of hydrogen-bond acceptors (Lipinski definition) is 2. The maximum Gasteiger partial charge on any atom is 0.0314 e. The number of hydrogen-bond donors (Lipinski definition) is 1. The van der Waals surface area contributed by atoms with Crippen LogP contribution in [0.1, 0.15) is 38.0 Å². The van der Waals surface area contributed by atoms with Crippen molar-refractivity contribution < 1.29 is 0 Å². The van der Waals surface area contributed by atoms with Gasteiger partial charge in [-0.05, 0) is 42.7 Å². The second kappa shape index (κ2) is 6.06. The standard InChI is InChI=1S/C13H21NS/c1-10(2)8-9-15-11(3)12-4-6-13(14)7-5-12/h4-7,10-11H,8-9,14H2,1-3H3. The van der Waals surface area contributed by atoms with Crippen molar-refractivity contribution in [2.45, 2.75) is 32.4 Å². The number of nitrogens with two attached hydrogens (primary N) is 1. The molecule has 15 heavy (non-hydrogen) atoms. The predicted octanol–water partition coefficient (Wildman–Crippen LogP) is 4.11. The van der Waals surface area contributed by atoms with Crippen LogP contribution in [0.2, 0.25) is 0 Å². The topological polar surface area (TPSA) is 26.0 Å². The first-order chi connectivity index (χ1) is 7.09. The quantitative estimate of drug-likeness (QED) is 0.760. The van der Waals surface area contributed by atoms with E-state index >= 15 is 0 Å². The van der Waals surface area contributed by atoms with E-state index in [0.717, 1.165) is 11.6 Å². The minimum Gasteiger partial charge on any atom is -0.399 e. The van der Waals surface area contributed by atoms with Crippen molar-refractivity contribution in [3.63, 3.8) is 0 Å². The summed E-state index contributed by atoms with van der Waals surface area (Å²) >= 11 is 2.02. The first-order valence-electron chi connectivity index (χ1n) is 5.56. The van der Waals surface area contributed by atoms with E-state index < -0.39 is 0 Å². The van der Waals surface area contributed by atoms with Gasteiger partial charge < -0.3 is 5.73 Å². The molecule has 0 fully saturated rings. The maximum atomic E-state index is 5.66. The van der Waals surface area contributed by atoms with Crippen molar-refractivity contribution in [2.24, 2.45) is 5.92 Å². The third-order valence-corrected chi connectivity index (χ3v) is 3.71. The van der Waals surface area contributed by atoms with Crippen LogP contribution in [0.4, 0.5) is 5.69 Å². The Morgan fingerprint density at radius 1 is 1.13 bits per heavy atom. The molecular weight excluding hydrogens is 202 g/mol. The molecule has 0 aromatic heterocycles. The Morgan fingerprint density at radius 2 is 1.73 bits per heavy atom. The van der Waals surface area contributed by atoms with Crippen molar-refractivity contribution in [3.05, 3.63) is 29.8 Å². The van der Waals surface area contributed by atoms with Crippen LogP contribution in [-0.2, 0) is 0 Å². The van der Waals surface area contributed by atoms with Crippen LogP contribution in [0, 0.1) is 5.92 Å². The fourth-order valence-corrected chi connectivity index (χ4v) is 2.65. The number of nitrogen functional groups attached to an aromatic ring is 1. The van der Waals surface area contributed by atoms with Gasteiger partial charge >= 0.3 is 0 Å². The first kappa shape index (κ1) is 12.4. The zero-order valence-corrected chi connectivity index (χ0v) is 10.7. The molecule has 0 saturated heterocycles. The largest absolute Gasteiger partial charge is 0.399 e. The van der Waals surface area contributed by atoms with E-state index in [1.807, 2.05) is 23.9 Å². The molecule has 0 bridgehead atoms. The van der Waals surface area contributed by atoms with Crippen LogP contribution in [-0.4, -0.2) is 5.75 Å². The SMILES string of the molecule is CC(C)CCSC(C)c1ccc(N)cc1. The molecule has 84 valence electrons. The number of rotatable bonds is 5. The summed E-state index contributed by atoms with van der Waals surface area (Å²) in [6.45, 7) is 6.80. The van der Waals surface area contributed by atoms with Gasteiger partial charge in [0.2, 0.25) is 0 Å². The molecular formula is C13H21NS. The lowest BCUT2D eigenvalue weighted by molar-refractivity contribution is 0.631. The molecule has 0 heterocycles. The molecule has 1 aromatic carbocycles. The van der Waals surface area contributed by atoms with E-state index in [1.54, 1.807) is 0 Å². The highest BCUT2D eigenvalue weighted by Gasteiger charge is 2.05. The number of thioether (sulfide) groups is 1.